The molecule has 1 aromatic carbocycles. The van der Waals surface area contributed by atoms with Crippen LogP contribution in [0.25, 0.3) is 0 Å². The first-order valence-electron chi connectivity index (χ1n) is 8.24. The summed E-state index contributed by atoms with van der Waals surface area (Å²) in [5, 5.41) is 15.4. The summed E-state index contributed by atoms with van der Waals surface area (Å²) in [5.41, 5.74) is 2.83. The van der Waals surface area contributed by atoms with Gasteiger partial charge in [0.25, 0.3) is 5.91 Å². The molecular formula is C17H19ClN6O. The Labute approximate surface area is 150 Å². The smallest absolute Gasteiger partial charge is 0.250 e. The van der Waals surface area contributed by atoms with Crippen LogP contribution >= 0.6 is 11.6 Å². The Morgan fingerprint density at radius 3 is 2.72 bits per heavy atom. The van der Waals surface area contributed by atoms with E-state index in [1.807, 2.05) is 43.1 Å². The summed E-state index contributed by atoms with van der Waals surface area (Å²) < 4.78 is 1.63. The van der Waals surface area contributed by atoms with E-state index in [1.165, 1.54) is 5.56 Å². The highest BCUT2D eigenvalue weighted by atomic mass is 35.5. The second-order valence-corrected chi connectivity index (χ2v) is 7.17. The maximum Gasteiger partial charge on any atom is 0.250 e. The van der Waals surface area contributed by atoms with Crippen molar-refractivity contribution in [1.82, 2.24) is 25.5 Å². The fourth-order valence-corrected chi connectivity index (χ4v) is 3.40. The van der Waals surface area contributed by atoms with Gasteiger partial charge in [-0.05, 0) is 47.9 Å². The molecule has 1 aliphatic heterocycles. The van der Waals surface area contributed by atoms with E-state index >= 15 is 0 Å². The van der Waals surface area contributed by atoms with Gasteiger partial charge >= 0.3 is 0 Å². The van der Waals surface area contributed by atoms with E-state index in [1.54, 1.807) is 4.68 Å². The number of fused-ring (bicyclic) bond motifs is 1. The number of amides is 1. The first kappa shape index (κ1) is 16.1. The fourth-order valence-electron chi connectivity index (χ4n) is 3.27. The van der Waals surface area contributed by atoms with Crippen LogP contribution in [0.3, 0.4) is 0 Å². The number of nitrogens with one attached hydrogen (secondary N) is 1. The van der Waals surface area contributed by atoms with Crippen LogP contribution in [0.15, 0.2) is 35.5 Å². The molecule has 0 atom stereocenters. The van der Waals surface area contributed by atoms with Gasteiger partial charge < -0.3 is 10.2 Å². The van der Waals surface area contributed by atoms with Crippen LogP contribution in [0.1, 0.15) is 25.3 Å². The molecule has 7 nitrogen and oxygen atoms in total. The maximum atomic E-state index is 12.7. The number of allylic oxidation sites excluding steroid dienone is 1. The minimum atomic E-state index is -0.0641. The molecule has 0 radical (unpaired) electrons. The van der Waals surface area contributed by atoms with Crippen molar-refractivity contribution in [2.75, 3.05) is 18.5 Å². The molecule has 1 aromatic heterocycles. The van der Waals surface area contributed by atoms with Crippen molar-refractivity contribution in [3.8, 4) is 0 Å². The molecule has 1 amide bonds. The first-order chi connectivity index (χ1) is 12.0. The second kappa shape index (κ2) is 5.84. The van der Waals surface area contributed by atoms with E-state index in [0.29, 0.717) is 24.6 Å². The average Bonchev–Trinajstić information content (AvgIpc) is 3.25. The third kappa shape index (κ3) is 2.78. The molecule has 2 aliphatic rings. The van der Waals surface area contributed by atoms with Gasteiger partial charge in [-0.3, -0.25) is 4.79 Å². The number of aromatic nitrogens is 4. The minimum Gasteiger partial charge on any atom is -0.351 e. The normalized spacial score (nSPS) is 18.1. The Balaban J connectivity index is 1.48. The molecule has 1 N–H and O–H groups in total. The molecule has 130 valence electrons. The quantitative estimate of drug-likeness (QED) is 0.903. The molecule has 0 spiro atoms. The standard InChI is InChI=1S/C17H19ClN6O/c1-11-14(9-24-16(23(11)2)20-21-22-24)15(25)19-10-17(7-8-17)12-3-5-13(18)6-4-12/h3-6H,7-10H2,1-2H3,(H,19,25). The highest BCUT2D eigenvalue weighted by Gasteiger charge is 2.44. The average molecular weight is 359 g/mol. The molecule has 8 heteroatoms. The topological polar surface area (TPSA) is 75.9 Å². The number of anilines is 1. The lowest BCUT2D eigenvalue weighted by Gasteiger charge is -2.27. The van der Waals surface area contributed by atoms with E-state index < -0.39 is 0 Å². The predicted octanol–water partition coefficient (Wildman–Crippen LogP) is 1.90. The third-order valence-electron chi connectivity index (χ3n) is 5.23. The Kier molecular flexibility index (Phi) is 3.76. The Morgan fingerprint density at radius 1 is 1.32 bits per heavy atom. The number of tetrazole rings is 1. The fraction of sp³-hybridized carbons (Fsp3) is 0.412. The first-order valence-corrected chi connectivity index (χ1v) is 8.62. The molecule has 2 aromatic rings. The van der Waals surface area contributed by atoms with Crippen molar-refractivity contribution in [3.05, 3.63) is 46.1 Å². The minimum absolute atomic E-state index is 0.0370. The molecule has 25 heavy (non-hydrogen) atoms. The number of benzene rings is 1. The van der Waals surface area contributed by atoms with Crippen LogP contribution in [-0.2, 0) is 16.8 Å². The zero-order chi connectivity index (χ0) is 17.6. The zero-order valence-corrected chi connectivity index (χ0v) is 14.9. The molecule has 1 fully saturated rings. The highest BCUT2D eigenvalue weighted by molar-refractivity contribution is 6.30. The van der Waals surface area contributed by atoms with Gasteiger partial charge in [-0.1, -0.05) is 28.8 Å². The Bertz CT molecular complexity index is 852. The predicted molar refractivity (Wildman–Crippen MR) is 94.3 cm³/mol. The van der Waals surface area contributed by atoms with Gasteiger partial charge in [0.15, 0.2) is 0 Å². The summed E-state index contributed by atoms with van der Waals surface area (Å²) in [6, 6.07) is 7.91. The van der Waals surface area contributed by atoms with E-state index in [0.717, 1.165) is 23.6 Å². The van der Waals surface area contributed by atoms with Crippen LogP contribution < -0.4 is 10.2 Å². The molecule has 2 heterocycles. The van der Waals surface area contributed by atoms with Crippen molar-refractivity contribution in [2.24, 2.45) is 0 Å². The van der Waals surface area contributed by atoms with E-state index in [2.05, 4.69) is 20.8 Å². The number of nitrogens with zero attached hydrogens (tertiary/aromatic N) is 5. The van der Waals surface area contributed by atoms with Crippen LogP contribution in [-0.4, -0.2) is 39.7 Å². The van der Waals surface area contributed by atoms with Gasteiger partial charge in [-0.25, -0.2) is 4.68 Å². The third-order valence-corrected chi connectivity index (χ3v) is 5.48. The van der Waals surface area contributed by atoms with E-state index in [-0.39, 0.29) is 11.3 Å². The molecular weight excluding hydrogens is 340 g/mol. The van der Waals surface area contributed by atoms with E-state index in [4.69, 9.17) is 11.6 Å². The molecule has 0 unspecified atom stereocenters. The van der Waals surface area contributed by atoms with Gasteiger partial charge in [0.1, 0.15) is 0 Å². The van der Waals surface area contributed by atoms with Crippen LogP contribution in [0.5, 0.6) is 0 Å². The number of hydrogen-bond donors (Lipinski definition) is 1. The SMILES string of the molecule is CC1=C(C(=O)NCC2(c3ccc(Cl)cc3)CC2)Cn2nnnc2N1C. The number of hydrogen-bond acceptors (Lipinski definition) is 5. The van der Waals surface area contributed by atoms with Crippen LogP contribution in [0, 0.1) is 0 Å². The Morgan fingerprint density at radius 2 is 2.04 bits per heavy atom. The van der Waals surface area contributed by atoms with E-state index in [9.17, 15) is 4.79 Å². The Hall–Kier alpha value is -2.41. The van der Waals surface area contributed by atoms with Gasteiger partial charge in [0.05, 0.1) is 12.1 Å². The summed E-state index contributed by atoms with van der Waals surface area (Å²) >= 11 is 5.97. The summed E-state index contributed by atoms with van der Waals surface area (Å²) in [7, 11) is 1.86. The van der Waals surface area contributed by atoms with Crippen molar-refractivity contribution >= 4 is 23.5 Å². The molecule has 0 bridgehead atoms. The van der Waals surface area contributed by atoms with Gasteiger partial charge in [0.2, 0.25) is 5.95 Å². The summed E-state index contributed by atoms with van der Waals surface area (Å²) in [6.45, 7) is 2.92. The number of halogens is 1. The summed E-state index contributed by atoms with van der Waals surface area (Å²) in [5.74, 6) is 0.583. The monoisotopic (exact) mass is 358 g/mol. The number of carbonyl (C=O) groups excluding carboxylic acids is 1. The van der Waals surface area contributed by atoms with Crippen LogP contribution in [0.4, 0.5) is 5.95 Å². The summed E-state index contributed by atoms with van der Waals surface area (Å²) in [6.07, 6.45) is 2.15. The van der Waals surface area contributed by atoms with Gasteiger partial charge in [0, 0.05) is 29.7 Å². The lowest BCUT2D eigenvalue weighted by atomic mass is 9.96. The van der Waals surface area contributed by atoms with Crippen molar-refractivity contribution in [3.63, 3.8) is 0 Å². The van der Waals surface area contributed by atoms with Crippen LogP contribution in [0.2, 0.25) is 5.02 Å². The molecule has 1 saturated carbocycles. The lowest BCUT2D eigenvalue weighted by molar-refractivity contribution is -0.117. The zero-order valence-electron chi connectivity index (χ0n) is 14.2. The molecule has 0 saturated heterocycles. The molecule has 1 aliphatic carbocycles. The number of rotatable bonds is 4. The lowest BCUT2D eigenvalue weighted by Crippen LogP contribution is -2.38. The summed E-state index contributed by atoms with van der Waals surface area (Å²) in [4.78, 5) is 14.6. The van der Waals surface area contributed by atoms with Crippen molar-refractivity contribution in [1.29, 1.82) is 0 Å². The largest absolute Gasteiger partial charge is 0.351 e. The highest BCUT2D eigenvalue weighted by Crippen LogP contribution is 2.47. The van der Waals surface area contributed by atoms with Gasteiger partial charge in [-0.15, -0.1) is 0 Å². The van der Waals surface area contributed by atoms with Crippen molar-refractivity contribution in [2.45, 2.75) is 31.7 Å². The van der Waals surface area contributed by atoms with Gasteiger partial charge in [-0.2, -0.15) is 0 Å². The maximum absolute atomic E-state index is 12.7. The van der Waals surface area contributed by atoms with Crippen molar-refractivity contribution < 1.29 is 4.79 Å². The number of carbonyl (C=O) groups is 1. The second-order valence-electron chi connectivity index (χ2n) is 6.73. The molecule has 4 rings (SSSR count).